The van der Waals surface area contributed by atoms with E-state index in [1.807, 2.05) is 13.8 Å². The molecular formula is C11H27NO3Si. The quantitative estimate of drug-likeness (QED) is 0.556. The van der Waals surface area contributed by atoms with Gasteiger partial charge in [0, 0.05) is 20.3 Å². The molecule has 0 spiro atoms. The standard InChI is InChI=1S/C11H27NO3Si/c1-6-10-12(11-7-2)16(13-5,14-8-3)15-9-4/h6-11H2,1-5H3. The molecule has 0 atom stereocenters. The molecule has 0 saturated carbocycles. The van der Waals surface area contributed by atoms with Crippen LogP contribution in [-0.4, -0.2) is 46.9 Å². The van der Waals surface area contributed by atoms with Crippen molar-refractivity contribution in [2.75, 3.05) is 33.4 Å². The number of hydrogen-bond acceptors (Lipinski definition) is 4. The zero-order chi connectivity index (χ0) is 12.4. The fourth-order valence-corrected chi connectivity index (χ4v) is 4.43. The Bertz CT molecular complexity index is 157. The van der Waals surface area contributed by atoms with E-state index in [2.05, 4.69) is 18.4 Å². The Morgan fingerprint density at radius 1 is 0.875 bits per heavy atom. The average Bonchev–Trinajstić information content (AvgIpc) is 2.28. The van der Waals surface area contributed by atoms with Crippen LogP contribution in [0.2, 0.25) is 0 Å². The lowest BCUT2D eigenvalue weighted by Gasteiger charge is -2.36. The predicted molar refractivity (Wildman–Crippen MR) is 68.2 cm³/mol. The van der Waals surface area contributed by atoms with Gasteiger partial charge >= 0.3 is 8.97 Å². The number of nitrogens with zero attached hydrogens (tertiary/aromatic N) is 1. The summed E-state index contributed by atoms with van der Waals surface area (Å²) >= 11 is 0. The van der Waals surface area contributed by atoms with E-state index in [4.69, 9.17) is 13.3 Å². The molecule has 0 aromatic rings. The van der Waals surface area contributed by atoms with Crippen molar-refractivity contribution < 1.29 is 13.3 Å². The van der Waals surface area contributed by atoms with Gasteiger partial charge in [0.15, 0.2) is 0 Å². The summed E-state index contributed by atoms with van der Waals surface area (Å²) in [5.74, 6) is 0. The fourth-order valence-electron chi connectivity index (χ4n) is 1.76. The Morgan fingerprint density at radius 3 is 1.56 bits per heavy atom. The molecule has 0 radical (unpaired) electrons. The summed E-state index contributed by atoms with van der Waals surface area (Å²) in [5.41, 5.74) is 0. The van der Waals surface area contributed by atoms with Gasteiger partial charge in [-0.3, -0.25) is 4.57 Å². The van der Waals surface area contributed by atoms with Gasteiger partial charge in [-0.25, -0.2) is 0 Å². The van der Waals surface area contributed by atoms with Gasteiger partial charge < -0.3 is 13.3 Å². The second kappa shape index (κ2) is 9.12. The highest BCUT2D eigenvalue weighted by Gasteiger charge is 2.47. The normalized spacial score (nSPS) is 12.4. The lowest BCUT2D eigenvalue weighted by Crippen LogP contribution is -2.61. The Kier molecular flexibility index (Phi) is 9.16. The molecule has 5 heteroatoms. The fraction of sp³-hybridized carbons (Fsp3) is 1.00. The van der Waals surface area contributed by atoms with Crippen molar-refractivity contribution in [1.29, 1.82) is 0 Å². The summed E-state index contributed by atoms with van der Waals surface area (Å²) in [7, 11) is -0.917. The number of rotatable bonds is 10. The van der Waals surface area contributed by atoms with Gasteiger partial charge in [-0.2, -0.15) is 0 Å². The Hall–Kier alpha value is 0.0569. The SMILES string of the molecule is CCCN(CCC)[Si](OC)(OCC)OCC. The molecule has 0 aromatic heterocycles. The minimum atomic E-state index is -2.61. The third kappa shape index (κ3) is 4.51. The minimum absolute atomic E-state index is 0.629. The molecule has 0 bridgehead atoms. The van der Waals surface area contributed by atoms with Gasteiger partial charge in [0.25, 0.3) is 0 Å². The Morgan fingerprint density at radius 2 is 1.31 bits per heavy atom. The maximum atomic E-state index is 5.81. The van der Waals surface area contributed by atoms with Crippen molar-refractivity contribution in [2.24, 2.45) is 0 Å². The van der Waals surface area contributed by atoms with Crippen LogP contribution in [0.5, 0.6) is 0 Å². The summed E-state index contributed by atoms with van der Waals surface area (Å²) in [6, 6.07) is 0. The molecule has 0 aliphatic carbocycles. The maximum Gasteiger partial charge on any atom is 0.599 e. The van der Waals surface area contributed by atoms with Gasteiger partial charge in [0.05, 0.1) is 0 Å². The molecule has 0 unspecified atom stereocenters. The van der Waals surface area contributed by atoms with Crippen molar-refractivity contribution in [3.63, 3.8) is 0 Å². The van der Waals surface area contributed by atoms with Crippen LogP contribution < -0.4 is 0 Å². The van der Waals surface area contributed by atoms with Gasteiger partial charge in [0.1, 0.15) is 0 Å². The molecule has 0 heterocycles. The minimum Gasteiger partial charge on any atom is -0.364 e. The first-order valence-electron chi connectivity index (χ1n) is 6.28. The Labute approximate surface area is 101 Å². The highest BCUT2D eigenvalue weighted by Crippen LogP contribution is 2.16. The third-order valence-electron chi connectivity index (χ3n) is 2.29. The molecule has 0 fully saturated rings. The van der Waals surface area contributed by atoms with Crippen molar-refractivity contribution in [3.8, 4) is 0 Å². The molecule has 16 heavy (non-hydrogen) atoms. The van der Waals surface area contributed by atoms with E-state index >= 15 is 0 Å². The molecular weight excluding hydrogens is 222 g/mol. The smallest absolute Gasteiger partial charge is 0.364 e. The highest BCUT2D eigenvalue weighted by molar-refractivity contribution is 6.57. The summed E-state index contributed by atoms with van der Waals surface area (Å²) in [6.45, 7) is 11.5. The highest BCUT2D eigenvalue weighted by atomic mass is 28.4. The topological polar surface area (TPSA) is 30.9 Å². The lowest BCUT2D eigenvalue weighted by molar-refractivity contribution is 0.0290. The van der Waals surface area contributed by atoms with E-state index in [0.29, 0.717) is 13.2 Å². The van der Waals surface area contributed by atoms with Crippen LogP contribution in [0.1, 0.15) is 40.5 Å². The predicted octanol–water partition coefficient (Wildman–Crippen LogP) is 2.26. The van der Waals surface area contributed by atoms with E-state index < -0.39 is 8.97 Å². The molecule has 0 aliphatic heterocycles. The lowest BCUT2D eigenvalue weighted by atomic mass is 10.4. The van der Waals surface area contributed by atoms with Crippen LogP contribution in [-0.2, 0) is 13.3 Å². The number of hydrogen-bond donors (Lipinski definition) is 0. The van der Waals surface area contributed by atoms with E-state index in [1.165, 1.54) is 0 Å². The van der Waals surface area contributed by atoms with Crippen LogP contribution in [0, 0.1) is 0 Å². The van der Waals surface area contributed by atoms with Gasteiger partial charge in [-0.05, 0) is 39.8 Å². The maximum absolute atomic E-state index is 5.81. The van der Waals surface area contributed by atoms with Gasteiger partial charge in [-0.1, -0.05) is 13.8 Å². The largest absolute Gasteiger partial charge is 0.599 e. The molecule has 4 nitrogen and oxygen atoms in total. The molecule has 0 aliphatic rings. The summed E-state index contributed by atoms with van der Waals surface area (Å²) < 4.78 is 19.5. The first-order chi connectivity index (χ1) is 7.70. The second-order valence-corrected chi connectivity index (χ2v) is 6.25. The summed E-state index contributed by atoms with van der Waals surface area (Å²) in [4.78, 5) is 0. The summed E-state index contributed by atoms with van der Waals surface area (Å²) in [6.07, 6.45) is 2.16. The van der Waals surface area contributed by atoms with Crippen LogP contribution in [0.15, 0.2) is 0 Å². The van der Waals surface area contributed by atoms with Crippen LogP contribution in [0.4, 0.5) is 0 Å². The first-order valence-corrected chi connectivity index (χ1v) is 7.95. The van der Waals surface area contributed by atoms with Crippen LogP contribution >= 0.6 is 0 Å². The Balaban J connectivity index is 4.73. The van der Waals surface area contributed by atoms with Crippen molar-refractivity contribution in [3.05, 3.63) is 0 Å². The second-order valence-electron chi connectivity index (χ2n) is 3.58. The van der Waals surface area contributed by atoms with E-state index in [1.54, 1.807) is 7.11 Å². The molecule has 0 N–H and O–H groups in total. The zero-order valence-electron chi connectivity index (χ0n) is 11.4. The molecule has 0 amide bonds. The van der Waals surface area contributed by atoms with Crippen molar-refractivity contribution in [1.82, 2.24) is 4.57 Å². The average molecular weight is 249 g/mol. The van der Waals surface area contributed by atoms with Crippen molar-refractivity contribution >= 4 is 8.97 Å². The van der Waals surface area contributed by atoms with E-state index in [9.17, 15) is 0 Å². The molecule has 98 valence electrons. The van der Waals surface area contributed by atoms with E-state index in [-0.39, 0.29) is 0 Å². The first kappa shape index (κ1) is 16.1. The summed E-state index contributed by atoms with van der Waals surface area (Å²) in [5, 5.41) is 0. The molecule has 0 aromatic carbocycles. The van der Waals surface area contributed by atoms with Crippen LogP contribution in [0.3, 0.4) is 0 Å². The zero-order valence-corrected chi connectivity index (χ0v) is 12.4. The molecule has 0 rings (SSSR count). The van der Waals surface area contributed by atoms with Gasteiger partial charge in [-0.15, -0.1) is 0 Å². The third-order valence-corrected chi connectivity index (χ3v) is 5.33. The van der Waals surface area contributed by atoms with E-state index in [0.717, 1.165) is 25.9 Å². The van der Waals surface area contributed by atoms with Crippen molar-refractivity contribution in [2.45, 2.75) is 40.5 Å². The monoisotopic (exact) mass is 249 g/mol. The molecule has 0 saturated heterocycles. The van der Waals surface area contributed by atoms with Gasteiger partial charge in [0.2, 0.25) is 0 Å². The van der Waals surface area contributed by atoms with Crippen LogP contribution in [0.25, 0.3) is 0 Å².